The summed E-state index contributed by atoms with van der Waals surface area (Å²) < 4.78 is 13.3. The van der Waals surface area contributed by atoms with Gasteiger partial charge < -0.3 is 5.32 Å². The predicted molar refractivity (Wildman–Crippen MR) is 72.2 cm³/mol. The smallest absolute Gasteiger partial charge is 0.294 e. The van der Waals surface area contributed by atoms with Crippen molar-refractivity contribution in [2.45, 2.75) is 13.5 Å². The third-order valence-electron chi connectivity index (χ3n) is 2.33. The Kier molecular flexibility index (Phi) is 3.96. The SMILES string of the molecule is Cc1cnc(CNc2cc(F)c(Cl)cc2[N+](=O)[O-])s1. The first-order chi connectivity index (χ1) is 8.97. The number of aryl methyl sites for hydroxylation is 1. The highest BCUT2D eigenvalue weighted by molar-refractivity contribution is 7.11. The van der Waals surface area contributed by atoms with Crippen LogP contribution in [-0.2, 0) is 6.54 Å². The summed E-state index contributed by atoms with van der Waals surface area (Å²) in [6, 6.07) is 2.01. The van der Waals surface area contributed by atoms with E-state index < -0.39 is 10.7 Å². The summed E-state index contributed by atoms with van der Waals surface area (Å²) >= 11 is 7.00. The van der Waals surface area contributed by atoms with Crippen LogP contribution in [0.25, 0.3) is 0 Å². The van der Waals surface area contributed by atoms with Gasteiger partial charge in [0, 0.05) is 23.2 Å². The summed E-state index contributed by atoms with van der Waals surface area (Å²) in [7, 11) is 0. The first kappa shape index (κ1) is 13.7. The highest BCUT2D eigenvalue weighted by Gasteiger charge is 2.17. The van der Waals surface area contributed by atoms with Crippen LogP contribution in [0.5, 0.6) is 0 Å². The number of halogens is 2. The summed E-state index contributed by atoms with van der Waals surface area (Å²) in [6.45, 7) is 2.20. The van der Waals surface area contributed by atoms with Gasteiger partial charge in [0.15, 0.2) is 0 Å². The minimum absolute atomic E-state index is 0.0831. The lowest BCUT2D eigenvalue weighted by Crippen LogP contribution is -2.03. The standard InChI is InChI=1S/C11H9ClFN3O2S/c1-6-4-15-11(19-6)5-14-9-3-8(13)7(12)2-10(9)16(17)18/h2-4,14H,5H2,1H3. The van der Waals surface area contributed by atoms with E-state index in [-0.39, 0.29) is 16.4 Å². The van der Waals surface area contributed by atoms with Gasteiger partial charge in [0.1, 0.15) is 16.5 Å². The Balaban J connectivity index is 2.23. The molecule has 1 aromatic heterocycles. The van der Waals surface area contributed by atoms with Crippen molar-refractivity contribution < 1.29 is 9.31 Å². The first-order valence-electron chi connectivity index (χ1n) is 5.26. The number of nitrogens with zero attached hydrogens (tertiary/aromatic N) is 2. The zero-order valence-corrected chi connectivity index (χ0v) is 11.4. The van der Waals surface area contributed by atoms with Crippen molar-refractivity contribution >= 4 is 34.3 Å². The molecule has 1 heterocycles. The number of thiazole rings is 1. The minimum atomic E-state index is -0.704. The van der Waals surface area contributed by atoms with Crippen molar-refractivity contribution in [3.05, 3.63) is 49.2 Å². The van der Waals surface area contributed by atoms with Crippen LogP contribution >= 0.6 is 22.9 Å². The molecule has 0 unspecified atom stereocenters. The Morgan fingerprint density at radius 3 is 2.89 bits per heavy atom. The zero-order valence-electron chi connectivity index (χ0n) is 9.81. The first-order valence-corrected chi connectivity index (χ1v) is 6.45. The van der Waals surface area contributed by atoms with E-state index in [9.17, 15) is 14.5 Å². The van der Waals surface area contributed by atoms with Gasteiger partial charge in [-0.15, -0.1) is 11.3 Å². The van der Waals surface area contributed by atoms with Crippen molar-refractivity contribution in [1.82, 2.24) is 4.98 Å². The highest BCUT2D eigenvalue weighted by atomic mass is 35.5. The Labute approximate surface area is 117 Å². The largest absolute Gasteiger partial charge is 0.373 e. The van der Waals surface area contributed by atoms with Crippen LogP contribution in [0.2, 0.25) is 5.02 Å². The molecule has 2 rings (SSSR count). The fraction of sp³-hybridized carbons (Fsp3) is 0.182. The lowest BCUT2D eigenvalue weighted by Gasteiger charge is -2.06. The van der Waals surface area contributed by atoms with Crippen LogP contribution in [0.4, 0.5) is 15.8 Å². The fourth-order valence-corrected chi connectivity index (χ4v) is 2.37. The molecule has 1 aromatic carbocycles. The van der Waals surface area contributed by atoms with Crippen LogP contribution < -0.4 is 5.32 Å². The number of anilines is 1. The lowest BCUT2D eigenvalue weighted by atomic mass is 10.2. The Hall–Kier alpha value is -1.73. The van der Waals surface area contributed by atoms with Crippen LogP contribution in [-0.4, -0.2) is 9.91 Å². The lowest BCUT2D eigenvalue weighted by molar-refractivity contribution is -0.384. The number of nitro benzene ring substituents is 1. The van der Waals surface area contributed by atoms with E-state index in [1.165, 1.54) is 11.3 Å². The van der Waals surface area contributed by atoms with Crippen LogP contribution in [0, 0.1) is 22.9 Å². The summed E-state index contributed by atoms with van der Waals surface area (Å²) in [4.78, 5) is 15.4. The molecule has 0 spiro atoms. The average molecular weight is 302 g/mol. The van der Waals surface area contributed by atoms with Gasteiger partial charge in [-0.25, -0.2) is 9.37 Å². The number of nitrogens with one attached hydrogen (secondary N) is 1. The van der Waals surface area contributed by atoms with Crippen LogP contribution in [0.15, 0.2) is 18.3 Å². The molecule has 2 aromatic rings. The maximum atomic E-state index is 13.3. The number of aromatic nitrogens is 1. The molecule has 0 aliphatic rings. The molecule has 0 saturated carbocycles. The average Bonchev–Trinajstić information content (AvgIpc) is 2.76. The van der Waals surface area contributed by atoms with Crippen molar-refractivity contribution in [1.29, 1.82) is 0 Å². The van der Waals surface area contributed by atoms with Crippen LogP contribution in [0.1, 0.15) is 9.88 Å². The van der Waals surface area contributed by atoms with Crippen molar-refractivity contribution in [2.75, 3.05) is 5.32 Å². The summed E-state index contributed by atoms with van der Waals surface area (Å²) in [5.41, 5.74) is -0.181. The second-order valence-corrected chi connectivity index (χ2v) is 5.49. The van der Waals surface area contributed by atoms with Gasteiger partial charge >= 0.3 is 0 Å². The third-order valence-corrected chi connectivity index (χ3v) is 3.54. The van der Waals surface area contributed by atoms with Gasteiger partial charge in [-0.2, -0.15) is 0 Å². The Morgan fingerprint density at radius 1 is 1.58 bits per heavy atom. The highest BCUT2D eigenvalue weighted by Crippen LogP contribution is 2.30. The molecule has 0 radical (unpaired) electrons. The van der Waals surface area contributed by atoms with E-state index in [4.69, 9.17) is 11.6 Å². The van der Waals surface area contributed by atoms with Gasteiger partial charge in [0.05, 0.1) is 16.5 Å². The molecule has 1 N–H and O–H groups in total. The van der Waals surface area contributed by atoms with Gasteiger partial charge in [-0.05, 0) is 6.92 Å². The predicted octanol–water partition coefficient (Wildman–Crippen LogP) is 3.76. The third kappa shape index (κ3) is 3.18. The summed E-state index contributed by atoms with van der Waals surface area (Å²) in [6.07, 6.45) is 1.71. The van der Waals surface area contributed by atoms with Crippen LogP contribution in [0.3, 0.4) is 0 Å². The second kappa shape index (κ2) is 5.50. The van der Waals surface area contributed by atoms with Gasteiger partial charge in [0.2, 0.25) is 0 Å². The monoisotopic (exact) mass is 301 g/mol. The molecule has 0 aliphatic carbocycles. The van der Waals surface area contributed by atoms with E-state index in [1.807, 2.05) is 6.92 Å². The molecule has 0 aliphatic heterocycles. The molecule has 8 heteroatoms. The van der Waals surface area contributed by atoms with Gasteiger partial charge in [0.25, 0.3) is 5.69 Å². The molecular formula is C11H9ClFN3O2S. The number of hydrogen-bond donors (Lipinski definition) is 1. The number of hydrogen-bond acceptors (Lipinski definition) is 5. The molecule has 0 fully saturated rings. The Bertz CT molecular complexity index is 632. The minimum Gasteiger partial charge on any atom is -0.373 e. The van der Waals surface area contributed by atoms with E-state index in [1.54, 1.807) is 6.20 Å². The summed E-state index contributed by atoms with van der Waals surface area (Å²) in [5.74, 6) is -0.704. The molecule has 19 heavy (non-hydrogen) atoms. The zero-order chi connectivity index (χ0) is 14.0. The number of benzene rings is 1. The molecular weight excluding hydrogens is 293 g/mol. The topological polar surface area (TPSA) is 68.1 Å². The van der Waals surface area contributed by atoms with E-state index in [2.05, 4.69) is 10.3 Å². The Morgan fingerprint density at radius 2 is 2.32 bits per heavy atom. The molecule has 5 nitrogen and oxygen atoms in total. The fourth-order valence-electron chi connectivity index (χ4n) is 1.48. The van der Waals surface area contributed by atoms with Crippen molar-refractivity contribution in [3.63, 3.8) is 0 Å². The summed E-state index contributed by atoms with van der Waals surface area (Å²) in [5, 5.41) is 14.2. The van der Waals surface area contributed by atoms with Crippen molar-refractivity contribution in [2.24, 2.45) is 0 Å². The molecule has 0 saturated heterocycles. The number of rotatable bonds is 4. The van der Waals surface area contributed by atoms with E-state index in [0.29, 0.717) is 6.54 Å². The van der Waals surface area contributed by atoms with Crippen molar-refractivity contribution in [3.8, 4) is 0 Å². The molecule has 0 bridgehead atoms. The molecule has 100 valence electrons. The van der Waals surface area contributed by atoms with E-state index in [0.717, 1.165) is 22.0 Å². The van der Waals surface area contributed by atoms with E-state index >= 15 is 0 Å². The van der Waals surface area contributed by atoms with Gasteiger partial charge in [-0.1, -0.05) is 11.6 Å². The maximum Gasteiger partial charge on any atom is 0.294 e. The molecule has 0 atom stereocenters. The maximum absolute atomic E-state index is 13.3. The number of nitro groups is 1. The van der Waals surface area contributed by atoms with Gasteiger partial charge in [-0.3, -0.25) is 10.1 Å². The second-order valence-electron chi connectivity index (χ2n) is 3.76. The quantitative estimate of drug-likeness (QED) is 0.689. The normalized spacial score (nSPS) is 10.5. The molecule has 0 amide bonds.